The van der Waals surface area contributed by atoms with Crippen LogP contribution >= 0.6 is 0 Å². The van der Waals surface area contributed by atoms with Crippen molar-refractivity contribution in [2.45, 2.75) is 26.2 Å². The molecule has 0 bridgehead atoms. The number of phenols is 1. The highest BCUT2D eigenvalue weighted by molar-refractivity contribution is 5.95. The Morgan fingerprint density at radius 1 is 1.20 bits per heavy atom. The maximum atomic E-state index is 12.1. The number of aromatic hydroxyl groups is 1. The number of hydrazone groups is 1. The summed E-state index contributed by atoms with van der Waals surface area (Å²) in [5.74, 6) is -0.584. The first-order valence-corrected chi connectivity index (χ1v) is 7.60. The standard InChI is InChI=1S/C18H19N3O4/c1-18(2,3)14-6-4-12(5-7-14)17(23)20-19-11-13-10-15(21(24)25)8-9-16(13)22/h4-11,22H,1-3H3,(H,20,23)/b19-11+. The molecule has 0 aromatic heterocycles. The number of nitro groups is 1. The fourth-order valence-corrected chi connectivity index (χ4v) is 2.11. The first-order valence-electron chi connectivity index (χ1n) is 7.60. The summed E-state index contributed by atoms with van der Waals surface area (Å²) < 4.78 is 0. The van der Waals surface area contributed by atoms with E-state index in [4.69, 9.17) is 0 Å². The summed E-state index contributed by atoms with van der Waals surface area (Å²) in [7, 11) is 0. The molecule has 2 N–H and O–H groups in total. The number of non-ortho nitro benzene ring substituents is 1. The number of amides is 1. The number of carbonyl (C=O) groups is 1. The van der Waals surface area contributed by atoms with Gasteiger partial charge in [-0.3, -0.25) is 14.9 Å². The van der Waals surface area contributed by atoms with Crippen LogP contribution in [0.5, 0.6) is 5.75 Å². The zero-order chi connectivity index (χ0) is 18.6. The van der Waals surface area contributed by atoms with E-state index in [9.17, 15) is 20.0 Å². The predicted octanol–water partition coefficient (Wildman–Crippen LogP) is 3.36. The van der Waals surface area contributed by atoms with Crippen molar-refractivity contribution in [3.05, 3.63) is 69.3 Å². The van der Waals surface area contributed by atoms with Crippen LogP contribution in [0.15, 0.2) is 47.6 Å². The predicted molar refractivity (Wildman–Crippen MR) is 95.0 cm³/mol. The molecule has 1 amide bonds. The van der Waals surface area contributed by atoms with Gasteiger partial charge in [-0.15, -0.1) is 0 Å². The monoisotopic (exact) mass is 341 g/mol. The van der Waals surface area contributed by atoms with Crippen molar-refractivity contribution in [1.29, 1.82) is 0 Å². The molecule has 0 unspecified atom stereocenters. The van der Waals surface area contributed by atoms with Crippen LogP contribution in [0.3, 0.4) is 0 Å². The molecule has 0 saturated heterocycles. The van der Waals surface area contributed by atoms with Crippen molar-refractivity contribution in [1.82, 2.24) is 5.43 Å². The lowest BCUT2D eigenvalue weighted by Gasteiger charge is -2.18. The molecule has 130 valence electrons. The molecule has 0 aliphatic rings. The number of phenolic OH excluding ortho intramolecular Hbond substituents is 1. The average molecular weight is 341 g/mol. The van der Waals surface area contributed by atoms with Gasteiger partial charge in [-0.1, -0.05) is 32.9 Å². The molecule has 2 rings (SSSR count). The fourth-order valence-electron chi connectivity index (χ4n) is 2.11. The Hall–Kier alpha value is -3.22. The SMILES string of the molecule is CC(C)(C)c1ccc(C(=O)N/N=C/c2cc([N+](=O)[O-])ccc2O)cc1. The van der Waals surface area contributed by atoms with Crippen LogP contribution < -0.4 is 5.43 Å². The highest BCUT2D eigenvalue weighted by Crippen LogP contribution is 2.22. The van der Waals surface area contributed by atoms with Gasteiger partial charge in [0.05, 0.1) is 11.1 Å². The molecule has 2 aromatic rings. The lowest BCUT2D eigenvalue weighted by Crippen LogP contribution is -2.18. The first-order chi connectivity index (χ1) is 11.7. The van der Waals surface area contributed by atoms with Gasteiger partial charge in [0, 0.05) is 23.3 Å². The number of hydrogen-bond acceptors (Lipinski definition) is 5. The molecule has 0 spiro atoms. The second kappa shape index (κ2) is 7.12. The van der Waals surface area contributed by atoms with E-state index < -0.39 is 10.8 Å². The molecule has 0 heterocycles. The van der Waals surface area contributed by atoms with Gasteiger partial charge in [0.15, 0.2) is 0 Å². The van der Waals surface area contributed by atoms with Crippen molar-refractivity contribution >= 4 is 17.8 Å². The smallest absolute Gasteiger partial charge is 0.271 e. The van der Waals surface area contributed by atoms with Gasteiger partial charge < -0.3 is 5.11 Å². The molecule has 0 radical (unpaired) electrons. The van der Waals surface area contributed by atoms with Gasteiger partial charge in [0.2, 0.25) is 0 Å². The van der Waals surface area contributed by atoms with E-state index in [1.807, 2.05) is 12.1 Å². The molecule has 0 aliphatic carbocycles. The Bertz CT molecular complexity index is 821. The van der Waals surface area contributed by atoms with Crippen molar-refractivity contribution in [3.63, 3.8) is 0 Å². The van der Waals surface area contributed by atoms with Crippen molar-refractivity contribution in [2.75, 3.05) is 0 Å². The molecule has 0 atom stereocenters. The van der Waals surface area contributed by atoms with Gasteiger partial charge in [-0.2, -0.15) is 5.10 Å². The summed E-state index contributed by atoms with van der Waals surface area (Å²) in [4.78, 5) is 22.2. The summed E-state index contributed by atoms with van der Waals surface area (Å²) in [5.41, 5.74) is 3.83. The highest BCUT2D eigenvalue weighted by Gasteiger charge is 2.14. The number of benzene rings is 2. The van der Waals surface area contributed by atoms with Gasteiger partial charge in [-0.25, -0.2) is 5.43 Å². The number of rotatable bonds is 4. The van der Waals surface area contributed by atoms with Gasteiger partial charge in [0.1, 0.15) is 5.75 Å². The van der Waals surface area contributed by atoms with Crippen molar-refractivity contribution in [3.8, 4) is 5.75 Å². The minimum Gasteiger partial charge on any atom is -0.507 e. The number of nitrogens with zero attached hydrogens (tertiary/aromatic N) is 2. The lowest BCUT2D eigenvalue weighted by atomic mass is 9.87. The van der Waals surface area contributed by atoms with E-state index in [0.29, 0.717) is 5.56 Å². The van der Waals surface area contributed by atoms with Crippen LogP contribution in [-0.4, -0.2) is 22.2 Å². The first kappa shape index (κ1) is 18.1. The number of nitrogens with one attached hydrogen (secondary N) is 1. The number of carbonyl (C=O) groups excluding carboxylic acids is 1. The van der Waals surface area contributed by atoms with Crippen LogP contribution in [0.25, 0.3) is 0 Å². The average Bonchev–Trinajstić information content (AvgIpc) is 2.55. The van der Waals surface area contributed by atoms with Gasteiger partial charge >= 0.3 is 0 Å². The van der Waals surface area contributed by atoms with E-state index in [1.165, 1.54) is 18.2 Å². The third-order valence-corrected chi connectivity index (χ3v) is 3.60. The highest BCUT2D eigenvalue weighted by atomic mass is 16.6. The molecular weight excluding hydrogens is 322 g/mol. The van der Waals surface area contributed by atoms with Gasteiger partial charge in [-0.05, 0) is 29.2 Å². The van der Waals surface area contributed by atoms with Crippen LogP contribution in [0.2, 0.25) is 0 Å². The van der Waals surface area contributed by atoms with E-state index in [0.717, 1.165) is 11.8 Å². The zero-order valence-electron chi connectivity index (χ0n) is 14.2. The molecule has 2 aromatic carbocycles. The second-order valence-electron chi connectivity index (χ2n) is 6.53. The summed E-state index contributed by atoms with van der Waals surface area (Å²) in [6.07, 6.45) is 1.16. The van der Waals surface area contributed by atoms with Crippen LogP contribution in [0.4, 0.5) is 5.69 Å². The quantitative estimate of drug-likeness (QED) is 0.505. The van der Waals surface area contributed by atoms with Crippen LogP contribution in [0, 0.1) is 10.1 Å². The van der Waals surface area contributed by atoms with Crippen LogP contribution in [-0.2, 0) is 5.41 Å². The molecule has 7 heteroatoms. The molecule has 25 heavy (non-hydrogen) atoms. The summed E-state index contributed by atoms with van der Waals surface area (Å²) in [6, 6.07) is 10.7. The molecule has 0 fully saturated rings. The normalized spacial score (nSPS) is 11.5. The zero-order valence-corrected chi connectivity index (χ0v) is 14.2. The second-order valence-corrected chi connectivity index (χ2v) is 6.53. The fraction of sp³-hybridized carbons (Fsp3) is 0.222. The minimum absolute atomic E-state index is 0.00723. The van der Waals surface area contributed by atoms with E-state index in [1.54, 1.807) is 12.1 Å². The lowest BCUT2D eigenvalue weighted by molar-refractivity contribution is -0.384. The summed E-state index contributed by atoms with van der Waals surface area (Å²) in [6.45, 7) is 6.24. The summed E-state index contributed by atoms with van der Waals surface area (Å²) in [5, 5.41) is 24.2. The minimum atomic E-state index is -0.577. The Morgan fingerprint density at radius 2 is 1.84 bits per heavy atom. The third kappa shape index (κ3) is 4.63. The maximum absolute atomic E-state index is 12.1. The Labute approximate surface area is 145 Å². The third-order valence-electron chi connectivity index (χ3n) is 3.60. The molecule has 0 saturated carbocycles. The van der Waals surface area contributed by atoms with Crippen molar-refractivity contribution < 1.29 is 14.8 Å². The van der Waals surface area contributed by atoms with E-state index in [-0.39, 0.29) is 22.4 Å². The van der Waals surface area contributed by atoms with Gasteiger partial charge in [0.25, 0.3) is 11.6 Å². The Morgan fingerprint density at radius 3 is 2.40 bits per heavy atom. The Balaban J connectivity index is 2.08. The van der Waals surface area contributed by atoms with E-state index in [2.05, 4.69) is 31.3 Å². The van der Waals surface area contributed by atoms with E-state index >= 15 is 0 Å². The van der Waals surface area contributed by atoms with Crippen molar-refractivity contribution in [2.24, 2.45) is 5.10 Å². The number of nitro benzene ring substituents is 1. The largest absolute Gasteiger partial charge is 0.507 e. The molecule has 0 aliphatic heterocycles. The molecular formula is C18H19N3O4. The number of hydrogen-bond donors (Lipinski definition) is 2. The van der Waals surface area contributed by atoms with Crippen LogP contribution in [0.1, 0.15) is 42.3 Å². The summed E-state index contributed by atoms with van der Waals surface area (Å²) >= 11 is 0. The molecule has 7 nitrogen and oxygen atoms in total. The maximum Gasteiger partial charge on any atom is 0.271 e. The Kier molecular flexibility index (Phi) is 5.17. The topological polar surface area (TPSA) is 105 Å².